The van der Waals surface area contributed by atoms with Gasteiger partial charge in [0, 0.05) is 12.6 Å². The first-order chi connectivity index (χ1) is 7.24. The highest BCUT2D eigenvalue weighted by Crippen LogP contribution is 2.18. The van der Waals surface area contributed by atoms with E-state index in [1.165, 1.54) is 32.1 Å². The molecule has 0 aromatic rings. The summed E-state index contributed by atoms with van der Waals surface area (Å²) in [5, 5.41) is 3.72. The lowest BCUT2D eigenvalue weighted by atomic mass is 9.93. The summed E-state index contributed by atoms with van der Waals surface area (Å²) in [4.78, 5) is 0. The number of hydrogen-bond donors (Lipinski definition) is 1. The SMILES string of the molecule is CC(CNC1CCCCC1)C(C)CO[SiH3]. The highest BCUT2D eigenvalue weighted by atomic mass is 28.2. The van der Waals surface area contributed by atoms with Crippen LogP contribution in [0.15, 0.2) is 0 Å². The first-order valence-corrected chi connectivity index (χ1v) is 7.28. The predicted molar refractivity (Wildman–Crippen MR) is 69.1 cm³/mol. The van der Waals surface area contributed by atoms with E-state index in [4.69, 9.17) is 4.43 Å². The summed E-state index contributed by atoms with van der Waals surface area (Å²) in [5.74, 6) is 1.43. The minimum Gasteiger partial charge on any atom is -0.428 e. The van der Waals surface area contributed by atoms with Crippen molar-refractivity contribution in [3.8, 4) is 0 Å². The van der Waals surface area contributed by atoms with Gasteiger partial charge in [0.1, 0.15) is 10.5 Å². The summed E-state index contributed by atoms with van der Waals surface area (Å²) in [7, 11) is 0.874. The van der Waals surface area contributed by atoms with Crippen LogP contribution in [-0.4, -0.2) is 29.7 Å². The van der Waals surface area contributed by atoms with E-state index in [9.17, 15) is 0 Å². The second-order valence-corrected chi connectivity index (χ2v) is 5.73. The van der Waals surface area contributed by atoms with Gasteiger partial charge in [-0.25, -0.2) is 0 Å². The molecular weight excluding hydrogens is 202 g/mol. The van der Waals surface area contributed by atoms with Crippen LogP contribution in [0.2, 0.25) is 0 Å². The average molecular weight is 229 g/mol. The fraction of sp³-hybridized carbons (Fsp3) is 1.00. The third-order valence-corrected chi connectivity index (χ3v) is 4.07. The summed E-state index contributed by atoms with van der Waals surface area (Å²) >= 11 is 0. The van der Waals surface area contributed by atoms with E-state index in [1.807, 2.05) is 0 Å². The summed E-state index contributed by atoms with van der Waals surface area (Å²) in [6, 6.07) is 0.797. The Morgan fingerprint density at radius 1 is 1.20 bits per heavy atom. The van der Waals surface area contributed by atoms with Gasteiger partial charge >= 0.3 is 0 Å². The molecule has 0 amide bonds. The van der Waals surface area contributed by atoms with E-state index in [2.05, 4.69) is 19.2 Å². The molecule has 0 aromatic heterocycles. The van der Waals surface area contributed by atoms with E-state index in [-0.39, 0.29) is 0 Å². The summed E-state index contributed by atoms with van der Waals surface area (Å²) in [6.45, 7) is 6.74. The van der Waals surface area contributed by atoms with Crippen molar-refractivity contribution in [2.75, 3.05) is 13.2 Å². The molecule has 0 heterocycles. The standard InChI is InChI=1S/C12H27NOSi/c1-10(11(2)9-14-15)8-13-12-6-4-3-5-7-12/h10-13H,3-9H2,1-2,15H3. The Bertz CT molecular complexity index is 160. The van der Waals surface area contributed by atoms with Crippen LogP contribution in [0.25, 0.3) is 0 Å². The molecule has 0 bridgehead atoms. The molecule has 1 rings (SSSR count). The topological polar surface area (TPSA) is 21.3 Å². The van der Waals surface area contributed by atoms with Crippen LogP contribution in [0, 0.1) is 11.8 Å². The molecule has 3 heteroatoms. The molecule has 1 fully saturated rings. The van der Waals surface area contributed by atoms with Crippen molar-refractivity contribution in [3.05, 3.63) is 0 Å². The van der Waals surface area contributed by atoms with Crippen molar-refractivity contribution in [3.63, 3.8) is 0 Å². The van der Waals surface area contributed by atoms with Crippen molar-refractivity contribution < 1.29 is 4.43 Å². The number of nitrogens with one attached hydrogen (secondary N) is 1. The van der Waals surface area contributed by atoms with Crippen LogP contribution < -0.4 is 5.32 Å². The Morgan fingerprint density at radius 2 is 1.87 bits per heavy atom. The minimum atomic E-state index is 0.693. The normalized spacial score (nSPS) is 22.8. The number of hydrogen-bond acceptors (Lipinski definition) is 2. The van der Waals surface area contributed by atoms with Crippen LogP contribution in [0.5, 0.6) is 0 Å². The van der Waals surface area contributed by atoms with E-state index < -0.39 is 0 Å². The van der Waals surface area contributed by atoms with Crippen LogP contribution in [0.4, 0.5) is 0 Å². The zero-order chi connectivity index (χ0) is 11.1. The Hall–Kier alpha value is 0.137. The van der Waals surface area contributed by atoms with Gasteiger partial charge in [0.05, 0.1) is 0 Å². The quantitative estimate of drug-likeness (QED) is 0.697. The molecular formula is C12H27NOSi. The van der Waals surface area contributed by atoms with Gasteiger partial charge in [0.15, 0.2) is 0 Å². The molecule has 0 saturated heterocycles. The second-order valence-electron chi connectivity index (χ2n) is 5.15. The maximum Gasteiger partial charge on any atom is 0.145 e. The van der Waals surface area contributed by atoms with Gasteiger partial charge < -0.3 is 9.74 Å². The molecule has 2 nitrogen and oxygen atoms in total. The summed E-state index contributed by atoms with van der Waals surface area (Å²) < 4.78 is 5.33. The molecule has 1 aliphatic rings. The fourth-order valence-electron chi connectivity index (χ4n) is 2.29. The predicted octanol–water partition coefficient (Wildman–Crippen LogP) is 1.48. The third kappa shape index (κ3) is 5.14. The highest BCUT2D eigenvalue weighted by molar-refractivity contribution is 5.97. The molecule has 2 atom stereocenters. The molecule has 90 valence electrons. The van der Waals surface area contributed by atoms with E-state index >= 15 is 0 Å². The second kappa shape index (κ2) is 7.42. The van der Waals surface area contributed by atoms with Gasteiger partial charge in [0.25, 0.3) is 0 Å². The first kappa shape index (κ1) is 13.2. The minimum absolute atomic E-state index is 0.693. The largest absolute Gasteiger partial charge is 0.428 e. The fourth-order valence-corrected chi connectivity index (χ4v) is 2.81. The third-order valence-electron chi connectivity index (χ3n) is 3.73. The van der Waals surface area contributed by atoms with Crippen molar-refractivity contribution >= 4 is 10.5 Å². The average Bonchev–Trinajstić information content (AvgIpc) is 2.27. The molecule has 15 heavy (non-hydrogen) atoms. The van der Waals surface area contributed by atoms with E-state index in [1.54, 1.807) is 0 Å². The lowest BCUT2D eigenvalue weighted by Gasteiger charge is -2.26. The van der Waals surface area contributed by atoms with Crippen LogP contribution >= 0.6 is 0 Å². The van der Waals surface area contributed by atoms with Gasteiger partial charge in [-0.2, -0.15) is 0 Å². The zero-order valence-electron chi connectivity index (χ0n) is 10.6. The Morgan fingerprint density at radius 3 is 2.47 bits per heavy atom. The Labute approximate surface area is 97.7 Å². The van der Waals surface area contributed by atoms with Gasteiger partial charge in [-0.05, 0) is 31.2 Å². The molecule has 0 aliphatic heterocycles. The Balaban J connectivity index is 2.11. The smallest absolute Gasteiger partial charge is 0.145 e. The maximum atomic E-state index is 5.33. The van der Waals surface area contributed by atoms with Gasteiger partial charge in [0.2, 0.25) is 0 Å². The summed E-state index contributed by atoms with van der Waals surface area (Å²) in [6.07, 6.45) is 7.06. The van der Waals surface area contributed by atoms with Gasteiger partial charge in [-0.1, -0.05) is 33.1 Å². The van der Waals surface area contributed by atoms with Crippen molar-refractivity contribution in [2.24, 2.45) is 11.8 Å². The van der Waals surface area contributed by atoms with Crippen LogP contribution in [-0.2, 0) is 4.43 Å². The van der Waals surface area contributed by atoms with E-state index in [0.717, 1.165) is 35.6 Å². The van der Waals surface area contributed by atoms with E-state index in [0.29, 0.717) is 5.92 Å². The van der Waals surface area contributed by atoms with Crippen molar-refractivity contribution in [1.82, 2.24) is 5.32 Å². The van der Waals surface area contributed by atoms with Gasteiger partial charge in [-0.15, -0.1) is 0 Å². The molecule has 1 saturated carbocycles. The number of rotatable bonds is 6. The molecule has 1 N–H and O–H groups in total. The maximum absolute atomic E-state index is 5.33. The zero-order valence-corrected chi connectivity index (χ0v) is 12.6. The first-order valence-electron chi connectivity index (χ1n) is 6.46. The molecule has 0 spiro atoms. The molecule has 1 aliphatic carbocycles. The van der Waals surface area contributed by atoms with Crippen LogP contribution in [0.1, 0.15) is 46.0 Å². The molecule has 0 aromatic carbocycles. The highest BCUT2D eigenvalue weighted by Gasteiger charge is 2.16. The Kier molecular flexibility index (Phi) is 6.53. The molecule has 0 radical (unpaired) electrons. The monoisotopic (exact) mass is 229 g/mol. The lowest BCUT2D eigenvalue weighted by Crippen LogP contribution is -2.36. The lowest BCUT2D eigenvalue weighted by molar-refractivity contribution is 0.219. The summed E-state index contributed by atoms with van der Waals surface area (Å²) in [5.41, 5.74) is 0. The van der Waals surface area contributed by atoms with Crippen LogP contribution in [0.3, 0.4) is 0 Å². The van der Waals surface area contributed by atoms with Gasteiger partial charge in [-0.3, -0.25) is 0 Å². The molecule has 2 unspecified atom stereocenters. The van der Waals surface area contributed by atoms with Crippen molar-refractivity contribution in [2.45, 2.75) is 52.0 Å². The van der Waals surface area contributed by atoms with Crippen molar-refractivity contribution in [1.29, 1.82) is 0 Å².